The topological polar surface area (TPSA) is 34.1 Å². The predicted octanol–water partition coefficient (Wildman–Crippen LogP) is 4.48. The summed E-state index contributed by atoms with van der Waals surface area (Å²) in [5, 5.41) is 2.01. The molecule has 0 saturated carbocycles. The first-order valence-electron chi connectivity index (χ1n) is 6.54. The van der Waals surface area contributed by atoms with Gasteiger partial charge in [-0.3, -0.25) is 9.59 Å². The van der Waals surface area contributed by atoms with Crippen LogP contribution in [0, 0.1) is 0 Å². The highest BCUT2D eigenvalue weighted by atomic mass is 32.1. The molecule has 0 saturated heterocycles. The van der Waals surface area contributed by atoms with E-state index in [9.17, 15) is 9.59 Å². The van der Waals surface area contributed by atoms with Crippen LogP contribution in [0.2, 0.25) is 0 Å². The third kappa shape index (κ3) is 2.83. The van der Waals surface area contributed by atoms with Gasteiger partial charge < -0.3 is 0 Å². The Morgan fingerprint density at radius 2 is 1.29 bits per heavy atom. The summed E-state index contributed by atoms with van der Waals surface area (Å²) in [5.41, 5.74) is 1.89. The van der Waals surface area contributed by atoms with Crippen LogP contribution in [0.25, 0.3) is 10.4 Å². The van der Waals surface area contributed by atoms with Gasteiger partial charge >= 0.3 is 0 Å². The van der Waals surface area contributed by atoms with Gasteiger partial charge in [-0.2, -0.15) is 0 Å². The lowest BCUT2D eigenvalue weighted by atomic mass is 10.0. The zero-order valence-electron chi connectivity index (χ0n) is 11.2. The van der Waals surface area contributed by atoms with Crippen molar-refractivity contribution in [3.05, 3.63) is 83.2 Å². The molecule has 3 heteroatoms. The molecule has 0 radical (unpaired) electrons. The van der Waals surface area contributed by atoms with Crippen molar-refractivity contribution in [1.29, 1.82) is 0 Å². The second kappa shape index (κ2) is 5.85. The van der Waals surface area contributed by atoms with Crippen LogP contribution in [-0.4, -0.2) is 11.6 Å². The molecule has 0 fully saturated rings. The highest BCUT2D eigenvalue weighted by molar-refractivity contribution is 7.13. The molecule has 1 aromatic heterocycles. The predicted molar refractivity (Wildman–Crippen MR) is 84.9 cm³/mol. The molecule has 0 N–H and O–H groups in total. The van der Waals surface area contributed by atoms with Gasteiger partial charge in [-0.15, -0.1) is 11.3 Å². The number of rotatable bonds is 4. The zero-order valence-corrected chi connectivity index (χ0v) is 12.0. The summed E-state index contributed by atoms with van der Waals surface area (Å²) < 4.78 is 0. The van der Waals surface area contributed by atoms with E-state index in [1.807, 2.05) is 35.7 Å². The molecule has 0 amide bonds. The van der Waals surface area contributed by atoms with Crippen molar-refractivity contribution in [3.63, 3.8) is 0 Å². The Bertz CT molecular complexity index is 757. The monoisotopic (exact) mass is 292 g/mol. The Morgan fingerprint density at radius 1 is 0.667 bits per heavy atom. The van der Waals surface area contributed by atoms with Crippen LogP contribution in [-0.2, 0) is 0 Å². The molecule has 0 bridgehead atoms. The van der Waals surface area contributed by atoms with Crippen molar-refractivity contribution in [2.24, 2.45) is 0 Å². The van der Waals surface area contributed by atoms with Crippen LogP contribution in [0.1, 0.15) is 20.7 Å². The number of Topliss-reactive ketones (excluding diaryl/α,β-unsaturated/α-hetero) is 2. The van der Waals surface area contributed by atoms with Crippen molar-refractivity contribution in [2.75, 3.05) is 0 Å². The van der Waals surface area contributed by atoms with Gasteiger partial charge in [0, 0.05) is 16.0 Å². The van der Waals surface area contributed by atoms with E-state index < -0.39 is 11.6 Å². The van der Waals surface area contributed by atoms with Crippen LogP contribution in [0.3, 0.4) is 0 Å². The normalized spacial score (nSPS) is 10.3. The summed E-state index contributed by atoms with van der Waals surface area (Å²) in [5.74, 6) is -0.946. The third-order valence-corrected chi connectivity index (χ3v) is 4.11. The molecule has 1 heterocycles. The summed E-state index contributed by atoms with van der Waals surface area (Å²) in [6.45, 7) is 0. The fourth-order valence-corrected chi connectivity index (χ4v) is 2.81. The van der Waals surface area contributed by atoms with Gasteiger partial charge in [-0.1, -0.05) is 60.7 Å². The van der Waals surface area contributed by atoms with Crippen LogP contribution < -0.4 is 0 Å². The Labute approximate surface area is 126 Å². The number of benzene rings is 2. The summed E-state index contributed by atoms with van der Waals surface area (Å²) in [6, 6.07) is 19.8. The molecular weight excluding hydrogens is 280 g/mol. The first-order valence-corrected chi connectivity index (χ1v) is 7.42. The quantitative estimate of drug-likeness (QED) is 0.525. The fraction of sp³-hybridized carbons (Fsp3) is 0. The summed E-state index contributed by atoms with van der Waals surface area (Å²) in [7, 11) is 0. The first-order chi connectivity index (χ1) is 10.3. The van der Waals surface area contributed by atoms with E-state index in [0.29, 0.717) is 11.1 Å². The van der Waals surface area contributed by atoms with E-state index in [1.165, 1.54) is 0 Å². The molecule has 2 nitrogen and oxygen atoms in total. The van der Waals surface area contributed by atoms with Gasteiger partial charge in [0.2, 0.25) is 11.6 Å². The zero-order chi connectivity index (χ0) is 14.7. The standard InChI is InChI=1S/C18H12O2S/c19-17(14-5-2-1-3-6-14)18(20)15-10-8-13(9-11-15)16-7-4-12-21-16/h1-12H. The van der Waals surface area contributed by atoms with Crippen LogP contribution >= 0.6 is 11.3 Å². The highest BCUT2D eigenvalue weighted by Crippen LogP contribution is 2.24. The first kappa shape index (κ1) is 13.5. The SMILES string of the molecule is O=C(C(=O)c1ccc(-c2cccs2)cc1)c1ccccc1. The van der Waals surface area contributed by atoms with Gasteiger partial charge in [0.05, 0.1) is 0 Å². The fourth-order valence-electron chi connectivity index (χ4n) is 2.08. The van der Waals surface area contributed by atoms with E-state index in [0.717, 1.165) is 10.4 Å². The average molecular weight is 292 g/mol. The molecule has 0 spiro atoms. The molecule has 0 aliphatic carbocycles. The van der Waals surface area contributed by atoms with Gasteiger partial charge in [0.1, 0.15) is 0 Å². The minimum absolute atomic E-state index is 0.421. The largest absolute Gasteiger partial charge is 0.285 e. The maximum atomic E-state index is 12.2. The van der Waals surface area contributed by atoms with Gasteiger partial charge in [-0.25, -0.2) is 0 Å². The minimum Gasteiger partial charge on any atom is -0.285 e. The molecule has 0 aliphatic heterocycles. The van der Waals surface area contributed by atoms with E-state index in [4.69, 9.17) is 0 Å². The molecule has 102 valence electrons. The Morgan fingerprint density at radius 3 is 1.86 bits per heavy atom. The van der Waals surface area contributed by atoms with Crippen molar-refractivity contribution in [3.8, 4) is 10.4 Å². The second-order valence-electron chi connectivity index (χ2n) is 4.58. The maximum absolute atomic E-state index is 12.2. The summed E-state index contributed by atoms with van der Waals surface area (Å²) in [4.78, 5) is 25.4. The van der Waals surface area contributed by atoms with E-state index >= 15 is 0 Å². The lowest BCUT2D eigenvalue weighted by Gasteiger charge is -2.02. The molecule has 0 atom stereocenters. The van der Waals surface area contributed by atoms with E-state index in [1.54, 1.807) is 47.7 Å². The van der Waals surface area contributed by atoms with Crippen molar-refractivity contribution in [2.45, 2.75) is 0 Å². The highest BCUT2D eigenvalue weighted by Gasteiger charge is 2.17. The maximum Gasteiger partial charge on any atom is 0.233 e. The van der Waals surface area contributed by atoms with E-state index in [-0.39, 0.29) is 0 Å². The number of carbonyl (C=O) groups excluding carboxylic acids is 2. The second-order valence-corrected chi connectivity index (χ2v) is 5.53. The molecule has 0 unspecified atom stereocenters. The average Bonchev–Trinajstić information content (AvgIpc) is 3.09. The van der Waals surface area contributed by atoms with Crippen molar-refractivity contribution in [1.82, 2.24) is 0 Å². The summed E-state index contributed by atoms with van der Waals surface area (Å²) in [6.07, 6.45) is 0. The van der Waals surface area contributed by atoms with Crippen molar-refractivity contribution >= 4 is 22.9 Å². The molecule has 21 heavy (non-hydrogen) atoms. The van der Waals surface area contributed by atoms with Crippen molar-refractivity contribution < 1.29 is 9.59 Å². The molecular formula is C18H12O2S. The van der Waals surface area contributed by atoms with Gasteiger partial charge in [0.15, 0.2) is 0 Å². The van der Waals surface area contributed by atoms with Crippen LogP contribution in [0.5, 0.6) is 0 Å². The Balaban J connectivity index is 1.84. The molecule has 0 aliphatic rings. The number of ketones is 2. The van der Waals surface area contributed by atoms with E-state index in [2.05, 4.69) is 0 Å². The Hall–Kier alpha value is -2.52. The van der Waals surface area contributed by atoms with Gasteiger partial charge in [0.25, 0.3) is 0 Å². The smallest absolute Gasteiger partial charge is 0.233 e. The third-order valence-electron chi connectivity index (χ3n) is 3.19. The van der Waals surface area contributed by atoms with Crippen LogP contribution in [0.4, 0.5) is 0 Å². The number of hydrogen-bond acceptors (Lipinski definition) is 3. The van der Waals surface area contributed by atoms with Crippen LogP contribution in [0.15, 0.2) is 72.1 Å². The number of thiophene rings is 1. The lowest BCUT2D eigenvalue weighted by molar-refractivity contribution is 0.0817. The van der Waals surface area contributed by atoms with Gasteiger partial charge in [-0.05, 0) is 17.0 Å². The molecule has 3 aromatic rings. The molecule has 3 rings (SSSR count). The minimum atomic E-state index is -0.473. The summed E-state index contributed by atoms with van der Waals surface area (Å²) >= 11 is 1.64. The molecule has 2 aromatic carbocycles. The number of carbonyl (C=O) groups is 2. The number of hydrogen-bond donors (Lipinski definition) is 0. The lowest BCUT2D eigenvalue weighted by Crippen LogP contribution is -2.14. The Kier molecular flexibility index (Phi) is 3.75.